The van der Waals surface area contributed by atoms with Crippen molar-refractivity contribution in [3.8, 4) is 11.4 Å². The molecular weight excluding hydrogens is 555 g/mol. The molecule has 10 nitrogen and oxygen atoms in total. The van der Waals surface area contributed by atoms with Gasteiger partial charge in [0.05, 0.1) is 41.6 Å². The van der Waals surface area contributed by atoms with Crippen molar-refractivity contribution in [3.63, 3.8) is 0 Å². The number of benzene rings is 2. The number of rotatable bonds is 7. The number of aromatic nitrogens is 2. The van der Waals surface area contributed by atoms with Gasteiger partial charge in [-0.3, -0.25) is 19.1 Å². The highest BCUT2D eigenvalue weighted by Crippen LogP contribution is 2.44. The lowest BCUT2D eigenvalue weighted by Gasteiger charge is -2.34. The van der Waals surface area contributed by atoms with E-state index in [1.54, 1.807) is 13.2 Å². The zero-order valence-electron chi connectivity index (χ0n) is 23.2. The first-order valence-corrected chi connectivity index (χ1v) is 14.0. The number of halogens is 3. The molecule has 0 radical (unpaired) electrons. The molecule has 3 aliphatic rings. The summed E-state index contributed by atoms with van der Waals surface area (Å²) in [7, 11) is 1.72. The number of morpholine rings is 1. The molecule has 0 spiro atoms. The van der Waals surface area contributed by atoms with Gasteiger partial charge in [-0.1, -0.05) is 0 Å². The second-order valence-corrected chi connectivity index (χ2v) is 10.9. The molecule has 13 heteroatoms. The largest absolute Gasteiger partial charge is 0.573 e. The first kappa shape index (κ1) is 28.4. The van der Waals surface area contributed by atoms with Crippen molar-refractivity contribution >= 4 is 28.2 Å². The SMILES string of the molecule is COC1CCN(c2ccc3c(=O)n(-c4ccc(OC(F)(F)F)c(NC(=O)C5(N6CCOCC6)CC5)c4)cnc3c2)CC1. The average molecular weight is 588 g/mol. The molecular formula is C29H32F3N5O5. The minimum absolute atomic E-state index is 0.184. The lowest BCUT2D eigenvalue weighted by molar-refractivity contribution is -0.274. The van der Waals surface area contributed by atoms with E-state index in [2.05, 4.69) is 19.9 Å². The van der Waals surface area contributed by atoms with Crippen LogP contribution in [0.4, 0.5) is 24.5 Å². The van der Waals surface area contributed by atoms with Gasteiger partial charge in [-0.25, -0.2) is 4.98 Å². The minimum Gasteiger partial charge on any atom is -0.404 e. The molecule has 3 aromatic rings. The van der Waals surface area contributed by atoms with Crippen LogP contribution in [-0.2, 0) is 14.3 Å². The number of piperidine rings is 1. The lowest BCUT2D eigenvalue weighted by Crippen LogP contribution is -2.51. The summed E-state index contributed by atoms with van der Waals surface area (Å²) >= 11 is 0. The van der Waals surface area contributed by atoms with Gasteiger partial charge in [-0.05, 0) is 62.1 Å². The molecule has 1 aliphatic carbocycles. The van der Waals surface area contributed by atoms with E-state index in [-0.39, 0.29) is 17.5 Å². The molecule has 224 valence electrons. The number of amides is 1. The van der Waals surface area contributed by atoms with Crippen LogP contribution in [-0.4, -0.2) is 84.9 Å². The number of nitrogens with zero attached hydrogens (tertiary/aromatic N) is 4. The number of ether oxygens (including phenoxy) is 3. The standard InChI is InChI=1S/C29H32F3N5O5/c1-40-21-6-10-35(11-7-21)19-2-4-22-23(16-19)33-18-37(26(22)38)20-3-5-25(42-29(30,31)32)24(17-20)34-27(39)28(8-9-28)36-12-14-41-15-13-36/h2-5,16-18,21H,6-15H2,1H3,(H,34,39). The normalized spacial score (nSPS) is 19.6. The highest BCUT2D eigenvalue weighted by atomic mass is 19.4. The first-order valence-electron chi connectivity index (χ1n) is 14.0. The van der Waals surface area contributed by atoms with Gasteiger partial charge in [0.1, 0.15) is 11.9 Å². The predicted octanol–water partition coefficient (Wildman–Crippen LogP) is 3.70. The molecule has 0 atom stereocenters. The molecule has 1 N–H and O–H groups in total. The molecule has 2 saturated heterocycles. The van der Waals surface area contributed by atoms with Crippen molar-refractivity contribution in [2.24, 2.45) is 0 Å². The van der Waals surface area contributed by atoms with Crippen LogP contribution in [0.2, 0.25) is 0 Å². The quantitative estimate of drug-likeness (QED) is 0.447. The summed E-state index contributed by atoms with van der Waals surface area (Å²) in [6.07, 6.45) is -0.395. The molecule has 42 heavy (non-hydrogen) atoms. The van der Waals surface area contributed by atoms with Crippen LogP contribution in [0.15, 0.2) is 47.5 Å². The Morgan fingerprint density at radius 2 is 1.76 bits per heavy atom. The Morgan fingerprint density at radius 3 is 2.43 bits per heavy atom. The summed E-state index contributed by atoms with van der Waals surface area (Å²) in [6.45, 7) is 3.75. The van der Waals surface area contributed by atoms with Crippen molar-refractivity contribution < 1.29 is 32.2 Å². The summed E-state index contributed by atoms with van der Waals surface area (Å²) in [6, 6.07) is 9.17. The van der Waals surface area contributed by atoms with Gasteiger partial charge in [0, 0.05) is 39.0 Å². The van der Waals surface area contributed by atoms with Crippen molar-refractivity contribution in [1.82, 2.24) is 14.5 Å². The Hall–Kier alpha value is -3.68. The van der Waals surface area contributed by atoms with Crippen molar-refractivity contribution in [2.75, 3.05) is 56.7 Å². The number of alkyl halides is 3. The molecule has 1 saturated carbocycles. The average Bonchev–Trinajstić information content (AvgIpc) is 3.80. The van der Waals surface area contributed by atoms with E-state index >= 15 is 0 Å². The van der Waals surface area contributed by atoms with Gasteiger partial charge in [-0.15, -0.1) is 13.2 Å². The molecule has 0 unspecified atom stereocenters. The van der Waals surface area contributed by atoms with Gasteiger partial charge in [0.2, 0.25) is 5.91 Å². The van der Waals surface area contributed by atoms with Crippen LogP contribution in [0.3, 0.4) is 0 Å². The van der Waals surface area contributed by atoms with Gasteiger partial charge < -0.3 is 24.4 Å². The van der Waals surface area contributed by atoms with Crippen LogP contribution in [0, 0.1) is 0 Å². The van der Waals surface area contributed by atoms with Gasteiger partial charge in [-0.2, -0.15) is 0 Å². The van der Waals surface area contributed by atoms with E-state index in [0.717, 1.165) is 37.7 Å². The maximum atomic E-state index is 13.5. The topological polar surface area (TPSA) is 98.2 Å². The number of nitrogens with one attached hydrogen (secondary N) is 1. The van der Waals surface area contributed by atoms with Crippen molar-refractivity contribution in [3.05, 3.63) is 53.1 Å². The summed E-state index contributed by atoms with van der Waals surface area (Å²) in [4.78, 5) is 35.6. The number of hydrogen-bond acceptors (Lipinski definition) is 8. The zero-order chi connectivity index (χ0) is 29.5. The highest BCUT2D eigenvalue weighted by Gasteiger charge is 2.54. The molecule has 2 aliphatic heterocycles. The molecule has 0 bridgehead atoms. The predicted molar refractivity (Wildman–Crippen MR) is 149 cm³/mol. The second-order valence-electron chi connectivity index (χ2n) is 10.9. The van der Waals surface area contributed by atoms with E-state index in [4.69, 9.17) is 9.47 Å². The number of hydrogen-bond donors (Lipinski definition) is 1. The van der Waals surface area contributed by atoms with E-state index in [1.165, 1.54) is 23.0 Å². The maximum Gasteiger partial charge on any atom is 0.573 e. The Labute approximate surface area is 240 Å². The molecule has 3 fully saturated rings. The van der Waals surface area contributed by atoms with E-state index in [1.807, 2.05) is 17.0 Å². The summed E-state index contributed by atoms with van der Waals surface area (Å²) in [5.41, 5.74) is 0.326. The van der Waals surface area contributed by atoms with E-state index in [0.29, 0.717) is 50.0 Å². The second kappa shape index (κ2) is 11.2. The van der Waals surface area contributed by atoms with E-state index in [9.17, 15) is 22.8 Å². The molecule has 1 amide bonds. The van der Waals surface area contributed by atoms with Crippen LogP contribution in [0.25, 0.3) is 16.6 Å². The highest BCUT2D eigenvalue weighted by molar-refractivity contribution is 6.01. The fraction of sp³-hybridized carbons (Fsp3) is 0.483. The number of carbonyl (C=O) groups excluding carboxylic acids is 1. The van der Waals surface area contributed by atoms with Gasteiger partial charge in [0.15, 0.2) is 5.75 Å². The molecule has 1 aromatic heterocycles. The molecule has 6 rings (SSSR count). The fourth-order valence-corrected chi connectivity index (χ4v) is 5.85. The number of methoxy groups -OCH3 is 1. The Morgan fingerprint density at radius 1 is 1.05 bits per heavy atom. The fourth-order valence-electron chi connectivity index (χ4n) is 5.85. The van der Waals surface area contributed by atoms with Crippen LogP contribution in [0.1, 0.15) is 25.7 Å². The van der Waals surface area contributed by atoms with Gasteiger partial charge >= 0.3 is 6.36 Å². The molecule has 3 heterocycles. The minimum atomic E-state index is -4.97. The lowest BCUT2D eigenvalue weighted by atomic mass is 10.1. The first-order chi connectivity index (χ1) is 20.2. The smallest absolute Gasteiger partial charge is 0.404 e. The van der Waals surface area contributed by atoms with Gasteiger partial charge in [0.25, 0.3) is 5.56 Å². The Balaban J connectivity index is 1.29. The van der Waals surface area contributed by atoms with E-state index < -0.39 is 29.1 Å². The Bertz CT molecular complexity index is 1530. The summed E-state index contributed by atoms with van der Waals surface area (Å²) < 4.78 is 56.0. The maximum absolute atomic E-state index is 13.5. The molecule has 2 aromatic carbocycles. The number of anilines is 2. The monoisotopic (exact) mass is 587 g/mol. The van der Waals surface area contributed by atoms with Crippen LogP contribution in [0.5, 0.6) is 5.75 Å². The number of fused-ring (bicyclic) bond motifs is 1. The van der Waals surface area contributed by atoms with Crippen LogP contribution < -0.4 is 20.5 Å². The number of carbonyl (C=O) groups is 1. The summed E-state index contributed by atoms with van der Waals surface area (Å²) in [5, 5.41) is 3.01. The Kier molecular flexibility index (Phi) is 7.58. The third-order valence-electron chi connectivity index (χ3n) is 8.36. The third-order valence-corrected chi connectivity index (χ3v) is 8.36. The zero-order valence-corrected chi connectivity index (χ0v) is 23.2. The van der Waals surface area contributed by atoms with Crippen molar-refractivity contribution in [2.45, 2.75) is 43.7 Å². The third kappa shape index (κ3) is 5.68. The van der Waals surface area contributed by atoms with Crippen LogP contribution >= 0.6 is 0 Å². The summed E-state index contributed by atoms with van der Waals surface area (Å²) in [5.74, 6) is -0.985. The van der Waals surface area contributed by atoms with Crippen molar-refractivity contribution in [1.29, 1.82) is 0 Å².